The molecule has 1 saturated heterocycles. The third-order valence-electron chi connectivity index (χ3n) is 4.77. The third-order valence-corrected chi connectivity index (χ3v) is 4.77. The molecule has 0 radical (unpaired) electrons. The molecule has 1 aliphatic heterocycles. The molecule has 0 aromatic heterocycles. The molecule has 0 spiro atoms. The maximum atomic E-state index is 9.66. The van der Waals surface area contributed by atoms with Crippen LogP contribution in [-0.4, -0.2) is 61.3 Å². The van der Waals surface area contributed by atoms with E-state index in [0.29, 0.717) is 12.0 Å². The van der Waals surface area contributed by atoms with Gasteiger partial charge >= 0.3 is 0 Å². The first kappa shape index (κ1) is 18.2. The van der Waals surface area contributed by atoms with E-state index in [2.05, 4.69) is 55.1 Å². The number of piperidine rings is 1. The van der Waals surface area contributed by atoms with Crippen molar-refractivity contribution in [2.75, 3.05) is 40.4 Å². The van der Waals surface area contributed by atoms with Crippen LogP contribution in [0.2, 0.25) is 0 Å². The number of ether oxygens (including phenoxy) is 1. The van der Waals surface area contributed by atoms with Gasteiger partial charge in [0.25, 0.3) is 0 Å². The highest BCUT2D eigenvalue weighted by atomic mass is 16.5. The van der Waals surface area contributed by atoms with E-state index in [9.17, 15) is 5.11 Å². The zero-order chi connectivity index (χ0) is 16.7. The molecule has 0 amide bonds. The van der Waals surface area contributed by atoms with Crippen molar-refractivity contribution < 1.29 is 9.84 Å². The third kappa shape index (κ3) is 5.48. The number of aliphatic hydroxyl groups is 1. The van der Waals surface area contributed by atoms with Crippen LogP contribution in [0.1, 0.15) is 31.7 Å². The van der Waals surface area contributed by atoms with E-state index in [-0.39, 0.29) is 6.61 Å². The molecule has 1 fully saturated rings. The summed E-state index contributed by atoms with van der Waals surface area (Å²) in [4.78, 5) is 4.70. The van der Waals surface area contributed by atoms with Crippen LogP contribution in [0.5, 0.6) is 5.75 Å². The van der Waals surface area contributed by atoms with Crippen LogP contribution in [0.25, 0.3) is 0 Å². The molecule has 2 atom stereocenters. The molecule has 1 aromatic rings. The number of rotatable bonds is 8. The lowest BCUT2D eigenvalue weighted by Crippen LogP contribution is -2.49. The predicted octanol–water partition coefficient (Wildman–Crippen LogP) is 2.61. The van der Waals surface area contributed by atoms with Crippen molar-refractivity contribution in [2.24, 2.45) is 5.92 Å². The molecule has 1 aliphatic rings. The Bertz CT molecular complexity index is 447. The molecule has 23 heavy (non-hydrogen) atoms. The molecule has 0 aliphatic carbocycles. The van der Waals surface area contributed by atoms with E-state index < -0.39 is 0 Å². The van der Waals surface area contributed by atoms with Crippen molar-refractivity contribution in [1.82, 2.24) is 9.80 Å². The van der Waals surface area contributed by atoms with Gasteiger partial charge in [0.15, 0.2) is 0 Å². The van der Waals surface area contributed by atoms with Crippen LogP contribution in [0.4, 0.5) is 0 Å². The van der Waals surface area contributed by atoms with Gasteiger partial charge in [-0.15, -0.1) is 0 Å². The fourth-order valence-electron chi connectivity index (χ4n) is 3.38. The number of hydrogen-bond donors (Lipinski definition) is 1. The number of likely N-dealkylation sites (tertiary alicyclic amines) is 1. The second kappa shape index (κ2) is 9.26. The summed E-state index contributed by atoms with van der Waals surface area (Å²) in [6.45, 7) is 6.25. The molecular formula is C19H32N2O2. The van der Waals surface area contributed by atoms with E-state index in [1.165, 1.54) is 5.56 Å². The first-order valence-corrected chi connectivity index (χ1v) is 8.85. The summed E-state index contributed by atoms with van der Waals surface area (Å²) in [6.07, 6.45) is 3.38. The van der Waals surface area contributed by atoms with Crippen molar-refractivity contribution >= 4 is 0 Å². The minimum atomic E-state index is 0.267. The topological polar surface area (TPSA) is 35.9 Å². The molecule has 0 bridgehead atoms. The predicted molar refractivity (Wildman–Crippen MR) is 94.8 cm³/mol. The molecule has 130 valence electrons. The number of aliphatic hydroxyl groups excluding tert-OH is 1. The molecule has 1 heterocycles. The monoisotopic (exact) mass is 320 g/mol. The normalized spacial score (nSPS) is 22.5. The molecule has 4 nitrogen and oxygen atoms in total. The van der Waals surface area contributed by atoms with Crippen LogP contribution in [0, 0.1) is 5.92 Å². The lowest BCUT2D eigenvalue weighted by Gasteiger charge is -2.40. The second-order valence-electron chi connectivity index (χ2n) is 6.84. The molecule has 1 N–H and O–H groups in total. The van der Waals surface area contributed by atoms with Crippen molar-refractivity contribution in [3.8, 4) is 5.75 Å². The van der Waals surface area contributed by atoms with Crippen LogP contribution < -0.4 is 4.74 Å². The van der Waals surface area contributed by atoms with Crippen LogP contribution >= 0.6 is 0 Å². The van der Waals surface area contributed by atoms with Gasteiger partial charge < -0.3 is 14.7 Å². The highest BCUT2D eigenvalue weighted by molar-refractivity contribution is 5.27. The lowest BCUT2D eigenvalue weighted by molar-refractivity contribution is 0.0454. The van der Waals surface area contributed by atoms with Crippen LogP contribution in [-0.2, 0) is 6.54 Å². The quantitative estimate of drug-likeness (QED) is 0.747. The number of unbranched alkanes of at least 4 members (excludes halogenated alkanes) is 1. The first-order valence-electron chi connectivity index (χ1n) is 8.85. The van der Waals surface area contributed by atoms with Gasteiger partial charge in [-0.2, -0.15) is 0 Å². The summed E-state index contributed by atoms with van der Waals surface area (Å²) in [5.41, 5.74) is 1.31. The summed E-state index contributed by atoms with van der Waals surface area (Å²) in [7, 11) is 4.22. The summed E-state index contributed by atoms with van der Waals surface area (Å²) in [5.74, 6) is 1.30. The molecule has 0 unspecified atom stereocenters. The smallest absolute Gasteiger partial charge is 0.119 e. The van der Waals surface area contributed by atoms with Gasteiger partial charge in [0, 0.05) is 31.7 Å². The van der Waals surface area contributed by atoms with Gasteiger partial charge in [-0.05, 0) is 51.2 Å². The van der Waals surface area contributed by atoms with E-state index in [1.807, 2.05) is 0 Å². The van der Waals surface area contributed by atoms with Crippen LogP contribution in [0.15, 0.2) is 24.3 Å². The van der Waals surface area contributed by atoms with Crippen molar-refractivity contribution in [3.05, 3.63) is 29.8 Å². The average molecular weight is 320 g/mol. The van der Waals surface area contributed by atoms with Gasteiger partial charge in [-0.25, -0.2) is 0 Å². The fraction of sp³-hybridized carbons (Fsp3) is 0.684. The Morgan fingerprint density at radius 1 is 1.26 bits per heavy atom. The highest BCUT2D eigenvalue weighted by Crippen LogP contribution is 2.22. The van der Waals surface area contributed by atoms with E-state index in [1.54, 1.807) is 0 Å². The van der Waals surface area contributed by atoms with Gasteiger partial charge in [0.05, 0.1) is 6.61 Å². The maximum Gasteiger partial charge on any atom is 0.119 e. The summed E-state index contributed by atoms with van der Waals surface area (Å²) in [5, 5.41) is 9.66. The van der Waals surface area contributed by atoms with Gasteiger partial charge in [0.1, 0.15) is 5.75 Å². The van der Waals surface area contributed by atoms with Crippen molar-refractivity contribution in [2.45, 2.75) is 38.8 Å². The number of hydrogen-bond acceptors (Lipinski definition) is 4. The van der Waals surface area contributed by atoms with Crippen LogP contribution in [0.3, 0.4) is 0 Å². The Balaban J connectivity index is 1.85. The average Bonchev–Trinajstić information content (AvgIpc) is 2.56. The Morgan fingerprint density at radius 3 is 2.61 bits per heavy atom. The van der Waals surface area contributed by atoms with E-state index in [0.717, 1.165) is 51.3 Å². The lowest BCUT2D eigenvalue weighted by atomic mass is 9.91. The molecule has 1 aromatic carbocycles. The first-order chi connectivity index (χ1) is 11.1. The van der Waals surface area contributed by atoms with E-state index >= 15 is 0 Å². The zero-order valence-corrected chi connectivity index (χ0v) is 14.9. The molecule has 2 rings (SSSR count). The van der Waals surface area contributed by atoms with Crippen molar-refractivity contribution in [1.29, 1.82) is 0 Å². The molecule has 0 saturated carbocycles. The largest absolute Gasteiger partial charge is 0.494 e. The van der Waals surface area contributed by atoms with E-state index in [4.69, 9.17) is 4.74 Å². The Kier molecular flexibility index (Phi) is 7.34. The minimum Gasteiger partial charge on any atom is -0.494 e. The summed E-state index contributed by atoms with van der Waals surface area (Å²) >= 11 is 0. The summed E-state index contributed by atoms with van der Waals surface area (Å²) < 4.78 is 5.71. The van der Waals surface area contributed by atoms with Gasteiger partial charge in [-0.1, -0.05) is 25.5 Å². The second-order valence-corrected chi connectivity index (χ2v) is 6.84. The summed E-state index contributed by atoms with van der Waals surface area (Å²) in [6, 6.07) is 8.95. The Labute approximate surface area is 141 Å². The van der Waals surface area contributed by atoms with Crippen molar-refractivity contribution in [3.63, 3.8) is 0 Å². The Hall–Kier alpha value is -1.10. The fourth-order valence-corrected chi connectivity index (χ4v) is 3.38. The molecule has 4 heteroatoms. The van der Waals surface area contributed by atoms with Gasteiger partial charge in [-0.3, -0.25) is 4.90 Å². The molecular weight excluding hydrogens is 288 g/mol. The SMILES string of the molecule is CCCCOc1ccc(CN2CC[C@@H](N(C)C)[C@@H](CO)C2)cc1. The Morgan fingerprint density at radius 2 is 2.00 bits per heavy atom. The highest BCUT2D eigenvalue weighted by Gasteiger charge is 2.29. The number of nitrogens with zero attached hydrogens (tertiary/aromatic N) is 2. The number of benzene rings is 1. The van der Waals surface area contributed by atoms with Gasteiger partial charge in [0.2, 0.25) is 0 Å². The maximum absolute atomic E-state index is 9.66. The zero-order valence-electron chi connectivity index (χ0n) is 14.9. The minimum absolute atomic E-state index is 0.267. The standard InChI is InChI=1S/C19H32N2O2/c1-4-5-12-23-18-8-6-16(7-9-18)13-21-11-10-19(20(2)3)17(14-21)15-22/h6-9,17,19,22H,4-5,10-15H2,1-3H3/t17-,19-/m1/s1.